The number of rotatable bonds is 59. The molecule has 0 rings (SSSR count). The van der Waals surface area contributed by atoms with Gasteiger partial charge in [0.1, 0.15) is 13.2 Å². The van der Waals surface area contributed by atoms with E-state index < -0.39 is 12.1 Å². The Bertz CT molecular complexity index is 1570. The van der Waals surface area contributed by atoms with E-state index in [1.165, 1.54) is 173 Å². The first kappa shape index (κ1) is 74.1. The normalized spacial score (nSPS) is 12.8. The Morgan fingerprint density at radius 1 is 0.282 bits per heavy atom. The Hall–Kier alpha value is -3.93. The largest absolute Gasteiger partial charge is 0.462 e. The van der Waals surface area contributed by atoms with E-state index in [1.807, 2.05) is 6.08 Å². The van der Waals surface area contributed by atoms with E-state index in [-0.39, 0.29) is 31.6 Å². The number of allylic oxidation sites excluding steroid dienone is 17. The van der Waals surface area contributed by atoms with Gasteiger partial charge in [-0.25, -0.2) is 0 Å². The minimum Gasteiger partial charge on any atom is -0.462 e. The molecule has 0 saturated carbocycles. The van der Waals surface area contributed by atoms with E-state index in [4.69, 9.17) is 14.2 Å². The van der Waals surface area contributed by atoms with E-state index in [1.54, 1.807) is 6.08 Å². The molecule has 0 saturated heterocycles. The second-order valence-electron chi connectivity index (χ2n) is 21.7. The Labute approximate surface area is 482 Å². The number of hydrogen-bond donors (Lipinski definition) is 0. The molecule has 446 valence electrons. The zero-order valence-electron chi connectivity index (χ0n) is 51.2. The van der Waals surface area contributed by atoms with Crippen molar-refractivity contribution in [3.8, 4) is 0 Å². The van der Waals surface area contributed by atoms with Crippen molar-refractivity contribution < 1.29 is 28.6 Å². The van der Waals surface area contributed by atoms with Crippen molar-refractivity contribution in [1.29, 1.82) is 0 Å². The van der Waals surface area contributed by atoms with E-state index in [0.717, 1.165) is 96.3 Å². The van der Waals surface area contributed by atoms with Gasteiger partial charge in [0.05, 0.1) is 6.42 Å². The molecule has 0 aromatic rings. The molecule has 0 aromatic heterocycles. The second-order valence-corrected chi connectivity index (χ2v) is 21.7. The van der Waals surface area contributed by atoms with Gasteiger partial charge in [-0.3, -0.25) is 14.4 Å². The molecule has 0 radical (unpaired) electrons. The van der Waals surface area contributed by atoms with Crippen molar-refractivity contribution in [3.63, 3.8) is 0 Å². The topological polar surface area (TPSA) is 78.9 Å². The predicted octanol–water partition coefficient (Wildman–Crippen LogP) is 22.6. The third kappa shape index (κ3) is 62.9. The summed E-state index contributed by atoms with van der Waals surface area (Å²) in [6.07, 6.45) is 89.9. The van der Waals surface area contributed by atoms with Crippen LogP contribution in [0.2, 0.25) is 0 Å². The van der Waals surface area contributed by atoms with Gasteiger partial charge >= 0.3 is 17.9 Å². The molecule has 0 aliphatic heterocycles. The lowest BCUT2D eigenvalue weighted by Crippen LogP contribution is -2.30. The highest BCUT2D eigenvalue weighted by molar-refractivity contribution is 5.72. The summed E-state index contributed by atoms with van der Waals surface area (Å²) in [5.74, 6) is -1.05. The maximum atomic E-state index is 12.9. The molecule has 1 unspecified atom stereocenters. The van der Waals surface area contributed by atoms with Crippen molar-refractivity contribution in [2.45, 2.75) is 316 Å². The molecule has 0 aliphatic rings. The van der Waals surface area contributed by atoms with E-state index in [2.05, 4.69) is 118 Å². The molecule has 0 aliphatic carbocycles. The Morgan fingerprint density at radius 2 is 0.551 bits per heavy atom. The lowest BCUT2D eigenvalue weighted by Gasteiger charge is -2.18. The summed E-state index contributed by atoms with van der Waals surface area (Å²) in [6, 6.07) is 0. The monoisotopic (exact) mass is 1080 g/mol. The van der Waals surface area contributed by atoms with Crippen LogP contribution in [-0.2, 0) is 28.6 Å². The van der Waals surface area contributed by atoms with Gasteiger partial charge in [0.2, 0.25) is 0 Å². The third-order valence-electron chi connectivity index (χ3n) is 14.0. The van der Waals surface area contributed by atoms with Crippen LogP contribution in [0.5, 0.6) is 0 Å². The van der Waals surface area contributed by atoms with Crippen LogP contribution in [0.4, 0.5) is 0 Å². The van der Waals surface area contributed by atoms with Gasteiger partial charge in [-0.1, -0.05) is 291 Å². The average Bonchev–Trinajstić information content (AvgIpc) is 3.44. The molecule has 0 aromatic carbocycles. The Morgan fingerprint density at radius 3 is 0.910 bits per heavy atom. The summed E-state index contributed by atoms with van der Waals surface area (Å²) in [5.41, 5.74) is 0. The summed E-state index contributed by atoms with van der Waals surface area (Å²) in [5, 5.41) is 0. The number of carbonyl (C=O) groups excluding carboxylic acids is 3. The summed E-state index contributed by atoms with van der Waals surface area (Å²) in [6.45, 7) is 6.44. The van der Waals surface area contributed by atoms with Crippen LogP contribution in [0, 0.1) is 0 Å². The highest BCUT2D eigenvalue weighted by atomic mass is 16.6. The molecule has 0 N–H and O–H groups in total. The van der Waals surface area contributed by atoms with Crippen LogP contribution in [-0.4, -0.2) is 37.2 Å². The van der Waals surface area contributed by atoms with Crippen LogP contribution in [0.25, 0.3) is 0 Å². The Kier molecular flexibility index (Phi) is 62.3. The summed E-state index contributed by atoms with van der Waals surface area (Å²) >= 11 is 0. The van der Waals surface area contributed by atoms with Gasteiger partial charge in [0.25, 0.3) is 0 Å². The molecule has 1 atom stereocenters. The number of hydrogen-bond acceptors (Lipinski definition) is 6. The third-order valence-corrected chi connectivity index (χ3v) is 14.0. The van der Waals surface area contributed by atoms with Crippen molar-refractivity contribution in [2.24, 2.45) is 0 Å². The first-order valence-corrected chi connectivity index (χ1v) is 32.9. The van der Waals surface area contributed by atoms with Gasteiger partial charge in [-0.15, -0.1) is 0 Å². The van der Waals surface area contributed by atoms with Crippen molar-refractivity contribution in [2.75, 3.05) is 13.2 Å². The lowest BCUT2D eigenvalue weighted by atomic mass is 10.0. The predicted molar refractivity (Wildman–Crippen MR) is 339 cm³/mol. The van der Waals surface area contributed by atoms with Crippen LogP contribution >= 0.6 is 0 Å². The zero-order valence-corrected chi connectivity index (χ0v) is 51.2. The fourth-order valence-electron chi connectivity index (χ4n) is 9.11. The fraction of sp³-hybridized carbons (Fsp3) is 0.708. The standard InChI is InChI=1S/C72H122O6/c1-4-7-10-13-16-19-22-25-28-30-31-32-33-34-35-36-37-38-39-40-41-42-45-47-50-53-56-59-62-65-71(74)77-68-69(67-76-70(73)64-61-58-55-52-49-46-43-27-24-21-18-15-12-9-6-3)78-72(75)66-63-60-57-54-51-48-44-29-26-23-20-17-14-11-8-5-2/h9,12,18,21-22,25,27,29-31,33-34,43-44,49,52,58,61,69H,4-8,10-11,13-17,19-20,23-24,26,28,32,35-42,45-48,50-51,53-57,59-60,62-68H2,1-3H3/b12-9-,21-18-,25-22-,31-30-,34-33-,43-27-,44-29-,52-49-,61-58-. The summed E-state index contributed by atoms with van der Waals surface area (Å²) < 4.78 is 16.8. The van der Waals surface area contributed by atoms with Gasteiger partial charge in [-0.05, 0) is 109 Å². The van der Waals surface area contributed by atoms with Crippen LogP contribution in [0.1, 0.15) is 310 Å². The van der Waals surface area contributed by atoms with Gasteiger partial charge in [-0.2, -0.15) is 0 Å². The number of ether oxygens (including phenoxy) is 3. The zero-order chi connectivity index (χ0) is 56.4. The van der Waals surface area contributed by atoms with Crippen LogP contribution in [0.15, 0.2) is 109 Å². The van der Waals surface area contributed by atoms with Crippen molar-refractivity contribution in [1.82, 2.24) is 0 Å². The molecule has 0 amide bonds. The fourth-order valence-corrected chi connectivity index (χ4v) is 9.11. The maximum Gasteiger partial charge on any atom is 0.309 e. The van der Waals surface area contributed by atoms with E-state index in [9.17, 15) is 14.4 Å². The molecule has 6 nitrogen and oxygen atoms in total. The maximum absolute atomic E-state index is 12.9. The minimum absolute atomic E-state index is 0.111. The molecular formula is C72H122O6. The molecule has 0 fully saturated rings. The van der Waals surface area contributed by atoms with Gasteiger partial charge in [0.15, 0.2) is 6.10 Å². The number of unbranched alkanes of at least 4 members (excludes halogenated alkanes) is 31. The molecule has 78 heavy (non-hydrogen) atoms. The average molecular weight is 1080 g/mol. The van der Waals surface area contributed by atoms with Crippen LogP contribution in [0.3, 0.4) is 0 Å². The summed E-state index contributed by atoms with van der Waals surface area (Å²) in [7, 11) is 0. The summed E-state index contributed by atoms with van der Waals surface area (Å²) in [4.78, 5) is 38.2. The van der Waals surface area contributed by atoms with Crippen molar-refractivity contribution in [3.05, 3.63) is 109 Å². The molecular weight excluding hydrogens is 961 g/mol. The first-order chi connectivity index (χ1) is 38.5. The lowest BCUT2D eigenvalue weighted by molar-refractivity contribution is -0.166. The number of carbonyl (C=O) groups is 3. The molecule has 0 bridgehead atoms. The number of esters is 3. The smallest absolute Gasteiger partial charge is 0.309 e. The molecule has 0 heterocycles. The van der Waals surface area contributed by atoms with Crippen molar-refractivity contribution >= 4 is 17.9 Å². The quantitative estimate of drug-likeness (QED) is 0.0261. The molecule has 0 spiro atoms. The SMILES string of the molecule is CC/C=C\C/C=C\C/C=C\C/C=C\C/C=C\CC(=O)OCC(COC(=O)CCCCCCCCCCCCCCCC/C=C\C/C=C\C/C=C\CCCCCCC)OC(=O)CCCCCCC/C=C\CCCCCCCCC. The van der Waals surface area contributed by atoms with Gasteiger partial charge in [0, 0.05) is 12.8 Å². The van der Waals surface area contributed by atoms with Gasteiger partial charge < -0.3 is 14.2 Å². The highest BCUT2D eigenvalue weighted by Crippen LogP contribution is 2.16. The van der Waals surface area contributed by atoms with Crippen LogP contribution < -0.4 is 0 Å². The van der Waals surface area contributed by atoms with E-state index in [0.29, 0.717) is 12.8 Å². The highest BCUT2D eigenvalue weighted by Gasteiger charge is 2.19. The van der Waals surface area contributed by atoms with E-state index >= 15 is 0 Å². The minimum atomic E-state index is -0.824. The second kappa shape index (κ2) is 65.6. The first-order valence-electron chi connectivity index (χ1n) is 32.9. The molecule has 6 heteroatoms. The Balaban J connectivity index is 4.33.